The van der Waals surface area contributed by atoms with Crippen molar-refractivity contribution in [2.75, 3.05) is 18.6 Å². The van der Waals surface area contributed by atoms with Gasteiger partial charge in [0.1, 0.15) is 0 Å². The van der Waals surface area contributed by atoms with Gasteiger partial charge in [-0.05, 0) is 25.5 Å². The van der Waals surface area contributed by atoms with Gasteiger partial charge in [0, 0.05) is 35.3 Å². The molecule has 0 bridgehead atoms. The summed E-state index contributed by atoms with van der Waals surface area (Å²) in [7, 11) is 2.01. The highest BCUT2D eigenvalue weighted by Crippen LogP contribution is 2.46. The molecule has 1 atom stereocenters. The molecule has 0 saturated heterocycles. The molecule has 0 saturated carbocycles. The zero-order valence-electron chi connectivity index (χ0n) is 17.4. The fraction of sp³-hybridized carbons (Fsp3) is 0.409. The van der Waals surface area contributed by atoms with Gasteiger partial charge in [-0.25, -0.2) is 4.98 Å². The quantitative estimate of drug-likeness (QED) is 0.363. The summed E-state index contributed by atoms with van der Waals surface area (Å²) in [6.45, 7) is 8.33. The molecular weight excluding hydrogens is 404 g/mol. The molecule has 154 valence electrons. The van der Waals surface area contributed by atoms with Gasteiger partial charge in [-0.15, -0.1) is 11.3 Å². The topological polar surface area (TPSA) is 59.5 Å². The van der Waals surface area contributed by atoms with E-state index in [1.54, 1.807) is 13.0 Å². The van der Waals surface area contributed by atoms with Gasteiger partial charge in [0.2, 0.25) is 0 Å². The first kappa shape index (κ1) is 21.6. The summed E-state index contributed by atoms with van der Waals surface area (Å²) in [6, 6.07) is 8.26. The van der Waals surface area contributed by atoms with E-state index in [4.69, 9.17) is 4.74 Å². The van der Waals surface area contributed by atoms with Crippen molar-refractivity contribution in [2.24, 2.45) is 0 Å². The number of allylic oxidation sites excluding steroid dienone is 2. The van der Waals surface area contributed by atoms with E-state index >= 15 is 0 Å². The van der Waals surface area contributed by atoms with Gasteiger partial charge in [0.15, 0.2) is 10.1 Å². The Morgan fingerprint density at radius 2 is 2.07 bits per heavy atom. The number of nitrogens with zero attached hydrogens (tertiary/aromatic N) is 2. The van der Waals surface area contributed by atoms with Crippen LogP contribution in [0.1, 0.15) is 39.0 Å². The van der Waals surface area contributed by atoms with Gasteiger partial charge in [-0.3, -0.25) is 9.59 Å². The van der Waals surface area contributed by atoms with Gasteiger partial charge in [-0.2, -0.15) is 0 Å². The van der Waals surface area contributed by atoms with Crippen molar-refractivity contribution in [2.45, 2.75) is 49.1 Å². The number of rotatable bonds is 7. The van der Waals surface area contributed by atoms with Crippen LogP contribution in [0.15, 0.2) is 45.8 Å². The largest absolute Gasteiger partial charge is 0.466 e. The Balaban J connectivity index is 1.70. The molecule has 1 aliphatic heterocycles. The lowest BCUT2D eigenvalue weighted by Gasteiger charge is -2.24. The van der Waals surface area contributed by atoms with Crippen LogP contribution in [0.2, 0.25) is 0 Å². The maximum atomic E-state index is 12.9. The van der Waals surface area contributed by atoms with Crippen molar-refractivity contribution in [1.29, 1.82) is 0 Å². The zero-order chi connectivity index (χ0) is 21.2. The number of esters is 1. The average molecular weight is 431 g/mol. The molecule has 2 heterocycles. The molecule has 0 amide bonds. The second kappa shape index (κ2) is 8.71. The molecule has 3 rings (SSSR count). The Kier molecular flexibility index (Phi) is 6.49. The molecule has 0 fully saturated rings. The Bertz CT molecular complexity index is 949. The maximum Gasteiger partial charge on any atom is 0.311 e. The predicted octanol–water partition coefficient (Wildman–Crippen LogP) is 4.61. The highest BCUT2D eigenvalue weighted by molar-refractivity contribution is 8.02. The molecule has 7 heteroatoms. The SMILES string of the molecule is CCOC(=O)Cc1csc(SC(C)C(=O)C=C2N(C)c3ccccc3C2(C)C)n1. The average Bonchev–Trinajstić information content (AvgIpc) is 3.18. The van der Waals surface area contributed by atoms with Crippen molar-refractivity contribution in [3.8, 4) is 0 Å². The van der Waals surface area contributed by atoms with Crippen LogP contribution >= 0.6 is 23.1 Å². The van der Waals surface area contributed by atoms with E-state index in [-0.39, 0.29) is 28.8 Å². The zero-order valence-corrected chi connectivity index (χ0v) is 19.0. The monoisotopic (exact) mass is 430 g/mol. The summed E-state index contributed by atoms with van der Waals surface area (Å²) >= 11 is 2.87. The number of ketones is 1. The fourth-order valence-corrected chi connectivity index (χ4v) is 5.50. The first-order valence-corrected chi connectivity index (χ1v) is 11.4. The number of thioether (sulfide) groups is 1. The number of benzene rings is 1. The van der Waals surface area contributed by atoms with Crippen molar-refractivity contribution >= 4 is 40.5 Å². The predicted molar refractivity (Wildman–Crippen MR) is 119 cm³/mol. The number of carbonyl (C=O) groups is 2. The number of anilines is 1. The minimum absolute atomic E-state index is 0.0554. The van der Waals surface area contributed by atoms with E-state index in [2.05, 4.69) is 35.9 Å². The minimum Gasteiger partial charge on any atom is -0.466 e. The van der Waals surface area contributed by atoms with Crippen molar-refractivity contribution in [3.63, 3.8) is 0 Å². The van der Waals surface area contributed by atoms with Crippen LogP contribution in [-0.4, -0.2) is 35.6 Å². The number of aromatic nitrogens is 1. The van der Waals surface area contributed by atoms with Crippen LogP contribution in [-0.2, 0) is 26.2 Å². The molecule has 29 heavy (non-hydrogen) atoms. The molecule has 1 unspecified atom stereocenters. The third-order valence-electron chi connectivity index (χ3n) is 5.06. The van der Waals surface area contributed by atoms with Gasteiger partial charge in [-0.1, -0.05) is 43.8 Å². The van der Waals surface area contributed by atoms with Crippen LogP contribution < -0.4 is 4.90 Å². The molecular formula is C22H26N2O3S2. The van der Waals surface area contributed by atoms with Crippen LogP contribution in [0.5, 0.6) is 0 Å². The third kappa shape index (κ3) is 4.56. The number of ether oxygens (including phenoxy) is 1. The highest BCUT2D eigenvalue weighted by Gasteiger charge is 2.38. The summed E-state index contributed by atoms with van der Waals surface area (Å²) < 4.78 is 5.74. The lowest BCUT2D eigenvalue weighted by molar-refractivity contribution is -0.142. The normalized spacial score (nSPS) is 17.3. The summed E-state index contributed by atoms with van der Waals surface area (Å²) in [5.74, 6) is -0.228. The summed E-state index contributed by atoms with van der Waals surface area (Å²) in [4.78, 5) is 31.1. The first-order valence-electron chi connectivity index (χ1n) is 9.60. The molecule has 2 aromatic rings. The lowest BCUT2D eigenvalue weighted by atomic mass is 9.83. The summed E-state index contributed by atoms with van der Waals surface area (Å²) in [6.07, 6.45) is 1.93. The minimum atomic E-state index is -0.283. The summed E-state index contributed by atoms with van der Waals surface area (Å²) in [5, 5.41) is 1.58. The summed E-state index contributed by atoms with van der Waals surface area (Å²) in [5.41, 5.74) is 3.82. The standard InChI is InChI=1S/C22H26N2O3S2/c1-6-27-20(26)11-15-13-28-21(23-15)29-14(2)18(25)12-19-22(3,4)16-9-7-8-10-17(16)24(19)5/h7-10,12-14H,6,11H2,1-5H3. The number of likely N-dealkylation sites (N-methyl/N-ethyl adjacent to an activating group) is 1. The Morgan fingerprint density at radius 3 is 2.76 bits per heavy atom. The number of carbonyl (C=O) groups excluding carboxylic acids is 2. The van der Waals surface area contributed by atoms with Crippen LogP contribution in [0.3, 0.4) is 0 Å². The van der Waals surface area contributed by atoms with E-state index in [9.17, 15) is 9.59 Å². The second-order valence-electron chi connectivity index (χ2n) is 7.48. The van der Waals surface area contributed by atoms with E-state index in [1.807, 2.05) is 31.5 Å². The third-order valence-corrected chi connectivity index (χ3v) is 7.20. The van der Waals surface area contributed by atoms with E-state index < -0.39 is 0 Å². The lowest BCUT2D eigenvalue weighted by Crippen LogP contribution is -2.25. The van der Waals surface area contributed by atoms with Crippen molar-refractivity contribution < 1.29 is 14.3 Å². The number of thiazole rings is 1. The van der Waals surface area contributed by atoms with E-state index in [0.29, 0.717) is 12.3 Å². The Morgan fingerprint density at radius 1 is 1.34 bits per heavy atom. The van der Waals surface area contributed by atoms with E-state index in [0.717, 1.165) is 15.7 Å². The Hall–Kier alpha value is -2.12. The van der Waals surface area contributed by atoms with Crippen LogP contribution in [0.4, 0.5) is 5.69 Å². The molecule has 0 spiro atoms. The Labute approximate surface area is 180 Å². The molecule has 0 radical (unpaired) electrons. The molecule has 1 aromatic heterocycles. The van der Waals surface area contributed by atoms with Gasteiger partial charge < -0.3 is 9.64 Å². The molecule has 5 nitrogen and oxygen atoms in total. The number of hydrogen-bond acceptors (Lipinski definition) is 7. The van der Waals surface area contributed by atoms with Crippen molar-refractivity contribution in [3.05, 3.63) is 52.7 Å². The second-order valence-corrected chi connectivity index (χ2v) is 9.93. The first-order chi connectivity index (χ1) is 13.7. The molecule has 1 aromatic carbocycles. The smallest absolute Gasteiger partial charge is 0.311 e. The number of para-hydroxylation sites is 1. The number of fused-ring (bicyclic) bond motifs is 1. The van der Waals surface area contributed by atoms with Gasteiger partial charge >= 0.3 is 5.97 Å². The molecule has 1 aliphatic rings. The molecule has 0 N–H and O–H groups in total. The van der Waals surface area contributed by atoms with Crippen LogP contribution in [0, 0.1) is 0 Å². The number of hydrogen-bond donors (Lipinski definition) is 0. The van der Waals surface area contributed by atoms with Crippen molar-refractivity contribution in [1.82, 2.24) is 4.98 Å². The van der Waals surface area contributed by atoms with E-state index in [1.165, 1.54) is 28.7 Å². The maximum absolute atomic E-state index is 12.9. The fourth-order valence-electron chi connectivity index (χ4n) is 3.50. The van der Waals surface area contributed by atoms with Gasteiger partial charge in [0.05, 0.1) is 24.0 Å². The van der Waals surface area contributed by atoms with Gasteiger partial charge in [0.25, 0.3) is 0 Å². The molecule has 0 aliphatic carbocycles. The van der Waals surface area contributed by atoms with Crippen LogP contribution in [0.25, 0.3) is 0 Å². The highest BCUT2D eigenvalue weighted by atomic mass is 32.2.